The van der Waals surface area contributed by atoms with Gasteiger partial charge in [0.25, 0.3) is 0 Å². The summed E-state index contributed by atoms with van der Waals surface area (Å²) in [6.07, 6.45) is 1.87. The minimum Gasteiger partial charge on any atom is -0.507 e. The average molecular weight is 420 g/mol. The van der Waals surface area contributed by atoms with E-state index in [1.165, 1.54) is 6.07 Å². The third kappa shape index (κ3) is 3.34. The summed E-state index contributed by atoms with van der Waals surface area (Å²) in [4.78, 5) is 0. The Labute approximate surface area is 183 Å². The molecule has 4 aromatic rings. The van der Waals surface area contributed by atoms with Gasteiger partial charge >= 0.3 is 0 Å². The number of hydrogen-bond donors (Lipinski definition) is 1. The van der Waals surface area contributed by atoms with Crippen molar-refractivity contribution < 1.29 is 14.2 Å². The Kier molecular flexibility index (Phi) is 4.80. The maximum absolute atomic E-state index is 15.2. The molecule has 2 aromatic carbocycles. The predicted molar refractivity (Wildman–Crippen MR) is 126 cm³/mol. The smallest absolute Gasteiger partial charge is 0.147 e. The van der Waals surface area contributed by atoms with Crippen molar-refractivity contribution in [2.75, 3.05) is 7.11 Å². The number of benzene rings is 2. The van der Waals surface area contributed by atoms with Crippen molar-refractivity contribution >= 4 is 16.4 Å². The van der Waals surface area contributed by atoms with E-state index < -0.39 is 0 Å². The molecule has 3 nitrogen and oxygen atoms in total. The minimum absolute atomic E-state index is 0.284. The standard InChI is InChI=1S/C27H30FNO2/c1-26(2,3)17-14-16(15-18(25(17)30)27(4,5)6)22-23-20(11-8-12-21(23)31-7)29-13-9-10-19(28)24(22)29/h8-15,30H,1-7H3. The van der Waals surface area contributed by atoms with E-state index in [0.717, 1.165) is 33.2 Å². The molecular weight excluding hydrogens is 389 g/mol. The largest absolute Gasteiger partial charge is 0.507 e. The van der Waals surface area contributed by atoms with Crippen molar-refractivity contribution in [1.29, 1.82) is 0 Å². The van der Waals surface area contributed by atoms with Crippen LogP contribution < -0.4 is 4.74 Å². The first kappa shape index (κ1) is 21.2. The lowest BCUT2D eigenvalue weighted by atomic mass is 9.77. The summed E-state index contributed by atoms with van der Waals surface area (Å²) in [6, 6.07) is 13.0. The van der Waals surface area contributed by atoms with Crippen LogP contribution in [0.15, 0.2) is 48.7 Å². The van der Waals surface area contributed by atoms with E-state index in [9.17, 15) is 5.11 Å². The van der Waals surface area contributed by atoms with Gasteiger partial charge in [-0.05, 0) is 52.8 Å². The number of rotatable bonds is 2. The van der Waals surface area contributed by atoms with Crippen LogP contribution in [0.5, 0.6) is 11.5 Å². The van der Waals surface area contributed by atoms with Crippen molar-refractivity contribution in [1.82, 2.24) is 4.40 Å². The van der Waals surface area contributed by atoms with Gasteiger partial charge in [-0.15, -0.1) is 0 Å². The number of pyridine rings is 1. The zero-order valence-electron chi connectivity index (χ0n) is 19.3. The van der Waals surface area contributed by atoms with E-state index in [1.54, 1.807) is 13.2 Å². The van der Waals surface area contributed by atoms with E-state index in [-0.39, 0.29) is 16.6 Å². The maximum atomic E-state index is 15.2. The lowest BCUT2D eigenvalue weighted by Gasteiger charge is -2.28. The number of fused-ring (bicyclic) bond motifs is 3. The molecule has 0 aliphatic rings. The molecule has 0 radical (unpaired) electrons. The molecule has 0 saturated carbocycles. The van der Waals surface area contributed by atoms with Gasteiger partial charge in [0.1, 0.15) is 17.3 Å². The molecule has 0 spiro atoms. The highest BCUT2D eigenvalue weighted by Gasteiger charge is 2.29. The first-order valence-corrected chi connectivity index (χ1v) is 10.6. The number of phenols is 1. The Morgan fingerprint density at radius 1 is 0.903 bits per heavy atom. The molecule has 0 fully saturated rings. The summed E-state index contributed by atoms with van der Waals surface area (Å²) < 4.78 is 22.8. The van der Waals surface area contributed by atoms with E-state index in [4.69, 9.17) is 4.74 Å². The van der Waals surface area contributed by atoms with Gasteiger partial charge < -0.3 is 14.2 Å². The summed E-state index contributed by atoms with van der Waals surface area (Å²) in [6.45, 7) is 12.5. The van der Waals surface area contributed by atoms with Gasteiger partial charge in [-0.25, -0.2) is 4.39 Å². The van der Waals surface area contributed by atoms with Crippen LogP contribution >= 0.6 is 0 Å². The highest BCUT2D eigenvalue weighted by Crippen LogP contribution is 2.46. The van der Waals surface area contributed by atoms with Gasteiger partial charge in [0.15, 0.2) is 0 Å². The number of aromatic nitrogens is 1. The number of nitrogens with zero attached hydrogens (tertiary/aromatic N) is 1. The fourth-order valence-electron chi connectivity index (χ4n) is 4.39. The summed E-state index contributed by atoms with van der Waals surface area (Å²) in [5.74, 6) is 0.709. The molecule has 31 heavy (non-hydrogen) atoms. The molecule has 4 heteroatoms. The van der Waals surface area contributed by atoms with Gasteiger partial charge in [0.05, 0.1) is 23.5 Å². The molecule has 0 atom stereocenters. The first-order valence-electron chi connectivity index (χ1n) is 10.6. The molecule has 0 aliphatic heterocycles. The topological polar surface area (TPSA) is 33.9 Å². The lowest BCUT2D eigenvalue weighted by molar-refractivity contribution is 0.420. The predicted octanol–water partition coefficient (Wildman–Crippen LogP) is 7.21. The van der Waals surface area contributed by atoms with Crippen molar-refractivity contribution in [2.24, 2.45) is 0 Å². The molecule has 2 heterocycles. The second-order valence-electron chi connectivity index (χ2n) is 10.2. The monoisotopic (exact) mass is 419 g/mol. The number of hydrogen-bond acceptors (Lipinski definition) is 2. The van der Waals surface area contributed by atoms with E-state index in [2.05, 4.69) is 41.5 Å². The van der Waals surface area contributed by atoms with Crippen molar-refractivity contribution in [3.05, 3.63) is 65.6 Å². The first-order chi connectivity index (χ1) is 14.4. The van der Waals surface area contributed by atoms with Gasteiger partial charge in [-0.1, -0.05) is 47.6 Å². The van der Waals surface area contributed by atoms with Crippen LogP contribution in [0.1, 0.15) is 52.7 Å². The Bertz CT molecular complexity index is 1270. The van der Waals surface area contributed by atoms with Gasteiger partial charge in [-0.3, -0.25) is 0 Å². The van der Waals surface area contributed by atoms with Crippen LogP contribution in [0.4, 0.5) is 4.39 Å². The van der Waals surface area contributed by atoms with Crippen molar-refractivity contribution in [3.8, 4) is 22.6 Å². The van der Waals surface area contributed by atoms with Crippen LogP contribution in [0.25, 0.3) is 27.5 Å². The molecular formula is C27H30FNO2. The van der Waals surface area contributed by atoms with E-state index in [1.807, 2.05) is 40.9 Å². The highest BCUT2D eigenvalue weighted by molar-refractivity contribution is 6.09. The fourth-order valence-corrected chi connectivity index (χ4v) is 4.39. The minimum atomic E-state index is -0.293. The Balaban J connectivity index is 2.24. The molecule has 0 unspecified atom stereocenters. The molecule has 162 valence electrons. The molecule has 1 N–H and O–H groups in total. The normalized spacial score (nSPS) is 12.6. The molecule has 0 saturated heterocycles. The quantitative estimate of drug-likeness (QED) is 0.372. The Morgan fingerprint density at radius 3 is 2.06 bits per heavy atom. The Morgan fingerprint density at radius 2 is 1.52 bits per heavy atom. The van der Waals surface area contributed by atoms with Crippen LogP contribution in [-0.4, -0.2) is 16.6 Å². The van der Waals surface area contributed by atoms with Crippen LogP contribution in [0, 0.1) is 5.82 Å². The van der Waals surface area contributed by atoms with Gasteiger partial charge in [0.2, 0.25) is 0 Å². The van der Waals surface area contributed by atoms with E-state index >= 15 is 4.39 Å². The van der Waals surface area contributed by atoms with Crippen LogP contribution in [-0.2, 0) is 10.8 Å². The summed E-state index contributed by atoms with van der Waals surface area (Å²) in [7, 11) is 1.63. The summed E-state index contributed by atoms with van der Waals surface area (Å²) in [5, 5.41) is 12.0. The Hall–Kier alpha value is -3.01. The molecule has 0 amide bonds. The SMILES string of the molecule is COc1cccc2c1c(-c1cc(C(C)(C)C)c(O)c(C(C)(C)C)c1)c1c(F)cccn12. The van der Waals surface area contributed by atoms with Crippen LogP contribution in [0.3, 0.4) is 0 Å². The third-order valence-electron chi connectivity index (χ3n) is 5.93. The van der Waals surface area contributed by atoms with Gasteiger partial charge in [-0.2, -0.15) is 0 Å². The van der Waals surface area contributed by atoms with E-state index in [0.29, 0.717) is 17.0 Å². The summed E-state index contributed by atoms with van der Waals surface area (Å²) >= 11 is 0. The molecule has 0 bridgehead atoms. The molecule has 2 aromatic heterocycles. The summed E-state index contributed by atoms with van der Waals surface area (Å²) in [5.41, 5.74) is 4.15. The molecule has 0 aliphatic carbocycles. The lowest BCUT2D eigenvalue weighted by Crippen LogP contribution is -2.17. The maximum Gasteiger partial charge on any atom is 0.147 e. The molecule has 4 rings (SSSR count). The number of aromatic hydroxyl groups is 1. The number of ether oxygens (including phenoxy) is 1. The third-order valence-corrected chi connectivity index (χ3v) is 5.93. The average Bonchev–Trinajstić information content (AvgIpc) is 3.02. The number of halogens is 1. The fraction of sp³-hybridized carbons (Fsp3) is 0.333. The van der Waals surface area contributed by atoms with Crippen LogP contribution in [0.2, 0.25) is 0 Å². The van der Waals surface area contributed by atoms with Gasteiger partial charge in [0, 0.05) is 22.9 Å². The van der Waals surface area contributed by atoms with Crippen molar-refractivity contribution in [2.45, 2.75) is 52.4 Å². The zero-order chi connectivity index (χ0) is 22.7. The highest BCUT2D eigenvalue weighted by atomic mass is 19.1. The van der Waals surface area contributed by atoms with Crippen molar-refractivity contribution in [3.63, 3.8) is 0 Å². The second-order valence-corrected chi connectivity index (χ2v) is 10.2. The zero-order valence-corrected chi connectivity index (χ0v) is 19.3. The second kappa shape index (κ2) is 7.01. The number of methoxy groups -OCH3 is 1. The number of phenolic OH excluding ortho intramolecular Hbond substituents is 1.